The molecule has 0 saturated heterocycles. The highest BCUT2D eigenvalue weighted by molar-refractivity contribution is 6.34. The maximum atomic E-state index is 13.5. The topological polar surface area (TPSA) is 122 Å². The Morgan fingerprint density at radius 3 is 2.74 bits per heavy atom. The molecule has 0 aliphatic carbocycles. The maximum Gasteiger partial charge on any atom is 0.266 e. The summed E-state index contributed by atoms with van der Waals surface area (Å²) in [7, 11) is 0. The number of anilines is 1. The average molecular weight is 529 g/mol. The molecule has 0 radical (unpaired) electrons. The first-order valence-corrected chi connectivity index (χ1v) is 11.9. The van der Waals surface area contributed by atoms with E-state index in [4.69, 9.17) is 0 Å². The summed E-state index contributed by atoms with van der Waals surface area (Å²) in [5, 5.41) is 5.49. The van der Waals surface area contributed by atoms with Crippen molar-refractivity contribution in [2.24, 2.45) is 0 Å². The van der Waals surface area contributed by atoms with Gasteiger partial charge in [-0.25, -0.2) is 18.7 Å². The van der Waals surface area contributed by atoms with Crippen LogP contribution in [-0.2, 0) is 11.3 Å². The van der Waals surface area contributed by atoms with Crippen LogP contribution in [0.5, 0.6) is 0 Å². The quantitative estimate of drug-likeness (QED) is 0.317. The molecule has 5 rings (SSSR count). The number of nitrogens with one attached hydrogen (secondary N) is 3. The molecule has 0 fully saturated rings. The number of imidazole rings is 1. The summed E-state index contributed by atoms with van der Waals surface area (Å²) in [6.45, 7) is 1.93. The van der Waals surface area contributed by atoms with Gasteiger partial charge in [-0.15, -0.1) is 0 Å². The van der Waals surface area contributed by atoms with Crippen molar-refractivity contribution in [3.63, 3.8) is 0 Å². The third-order valence-electron chi connectivity index (χ3n) is 6.15. The van der Waals surface area contributed by atoms with Crippen LogP contribution in [0.1, 0.15) is 38.4 Å². The monoisotopic (exact) mass is 528 g/mol. The zero-order chi connectivity index (χ0) is 27.5. The Morgan fingerprint density at radius 1 is 1.13 bits per heavy atom. The van der Waals surface area contributed by atoms with Gasteiger partial charge in [-0.05, 0) is 42.3 Å². The van der Waals surface area contributed by atoms with E-state index >= 15 is 0 Å². The molecule has 0 bridgehead atoms. The van der Waals surface area contributed by atoms with E-state index in [1.54, 1.807) is 24.6 Å². The fourth-order valence-corrected chi connectivity index (χ4v) is 4.11. The molecule has 3 N–H and O–H groups in total. The minimum Gasteiger partial charge on any atom is -0.348 e. The van der Waals surface area contributed by atoms with Gasteiger partial charge in [-0.3, -0.25) is 19.0 Å². The maximum absolute atomic E-state index is 13.5. The van der Waals surface area contributed by atoms with Gasteiger partial charge in [-0.2, -0.15) is 0 Å². The Bertz CT molecular complexity index is 1720. The number of aryl methyl sites for hydroxylation is 1. The molecule has 196 valence electrons. The number of halogens is 2. The molecule has 1 aliphatic heterocycles. The van der Waals surface area contributed by atoms with Gasteiger partial charge in [0.2, 0.25) is 0 Å². The number of nitrogens with zero attached hydrogens (tertiary/aromatic N) is 3. The lowest BCUT2D eigenvalue weighted by atomic mass is 10.0. The van der Waals surface area contributed by atoms with E-state index in [1.807, 2.05) is 25.1 Å². The van der Waals surface area contributed by atoms with Crippen LogP contribution in [0, 0.1) is 18.6 Å². The zero-order valence-electron chi connectivity index (χ0n) is 20.7. The lowest BCUT2D eigenvalue weighted by Gasteiger charge is -2.08. The minimum absolute atomic E-state index is 0.0723. The third kappa shape index (κ3) is 5.42. The summed E-state index contributed by atoms with van der Waals surface area (Å²) in [4.78, 5) is 48.9. The van der Waals surface area contributed by atoms with Crippen molar-refractivity contribution in [2.45, 2.75) is 13.5 Å². The Kier molecular flexibility index (Phi) is 6.96. The number of carbonyl (C=O) groups is 2. The Balaban J connectivity index is 1.23. The van der Waals surface area contributed by atoms with Crippen molar-refractivity contribution >= 4 is 35.2 Å². The van der Waals surface area contributed by atoms with Gasteiger partial charge in [0.1, 0.15) is 5.56 Å². The molecular formula is C28H22F2N6O3. The van der Waals surface area contributed by atoms with Crippen LogP contribution in [0.3, 0.4) is 0 Å². The van der Waals surface area contributed by atoms with Gasteiger partial charge in [0.05, 0.1) is 30.5 Å². The lowest BCUT2D eigenvalue weighted by molar-refractivity contribution is -0.110. The van der Waals surface area contributed by atoms with Crippen molar-refractivity contribution in [2.75, 3.05) is 11.9 Å². The van der Waals surface area contributed by atoms with Crippen LogP contribution < -0.4 is 16.2 Å². The summed E-state index contributed by atoms with van der Waals surface area (Å²) in [5.41, 5.74) is 3.87. The van der Waals surface area contributed by atoms with E-state index in [0.29, 0.717) is 22.5 Å². The summed E-state index contributed by atoms with van der Waals surface area (Å²) in [6, 6.07) is 8.82. The smallest absolute Gasteiger partial charge is 0.266 e. The molecule has 11 heteroatoms. The van der Waals surface area contributed by atoms with Crippen molar-refractivity contribution in [1.29, 1.82) is 0 Å². The summed E-state index contributed by atoms with van der Waals surface area (Å²) in [5.74, 6) is -2.85. The first-order valence-electron chi connectivity index (χ1n) is 11.9. The second kappa shape index (κ2) is 10.7. The van der Waals surface area contributed by atoms with Gasteiger partial charge < -0.3 is 15.6 Å². The number of benzene rings is 2. The number of aromatic nitrogens is 4. The van der Waals surface area contributed by atoms with Gasteiger partial charge in [0.25, 0.3) is 17.4 Å². The number of carbonyl (C=O) groups excluding carboxylic acids is 2. The Labute approximate surface area is 220 Å². The van der Waals surface area contributed by atoms with Gasteiger partial charge in [0, 0.05) is 29.7 Å². The number of aromatic amines is 1. The summed E-state index contributed by atoms with van der Waals surface area (Å²) >= 11 is 0. The fourth-order valence-electron chi connectivity index (χ4n) is 4.11. The van der Waals surface area contributed by atoms with Crippen molar-refractivity contribution < 1.29 is 18.4 Å². The van der Waals surface area contributed by atoms with Crippen LogP contribution >= 0.6 is 0 Å². The molecule has 0 unspecified atom stereocenters. The van der Waals surface area contributed by atoms with Crippen molar-refractivity contribution in [1.82, 2.24) is 24.8 Å². The highest BCUT2D eigenvalue weighted by Crippen LogP contribution is 2.34. The molecule has 0 atom stereocenters. The number of H-pyrrole nitrogens is 1. The number of hydrogen-bond acceptors (Lipinski definition) is 5. The molecule has 0 spiro atoms. The minimum atomic E-state index is -1.03. The average Bonchev–Trinajstić information content (AvgIpc) is 3.46. The van der Waals surface area contributed by atoms with Crippen molar-refractivity contribution in [3.05, 3.63) is 117 Å². The van der Waals surface area contributed by atoms with E-state index in [2.05, 4.69) is 25.6 Å². The first kappa shape index (κ1) is 25.5. The highest BCUT2D eigenvalue weighted by atomic mass is 19.2. The van der Waals surface area contributed by atoms with E-state index in [1.165, 1.54) is 12.4 Å². The van der Waals surface area contributed by atoms with Gasteiger partial charge in [0.15, 0.2) is 11.6 Å². The molecular weight excluding hydrogens is 506 g/mol. The fraction of sp³-hybridized carbons (Fsp3) is 0.107. The Morgan fingerprint density at radius 2 is 1.97 bits per heavy atom. The van der Waals surface area contributed by atoms with Crippen LogP contribution in [-0.4, -0.2) is 37.9 Å². The summed E-state index contributed by atoms with van der Waals surface area (Å²) < 4.78 is 27.8. The largest absolute Gasteiger partial charge is 0.348 e. The normalized spacial score (nSPS) is 13.6. The SMILES string of the molecule is Cc1[nH]cnc1/C=C1/C(=O)Nc2cc(/C=C/CNC(=O)c3cncn(Cc4ccc(F)c(F)c4)c3=O)ccc21. The predicted octanol–water partition coefficient (Wildman–Crippen LogP) is 3.54. The van der Waals surface area contributed by atoms with E-state index < -0.39 is 23.1 Å². The third-order valence-corrected chi connectivity index (χ3v) is 6.15. The lowest BCUT2D eigenvalue weighted by Crippen LogP contribution is -2.33. The van der Waals surface area contributed by atoms with Crippen molar-refractivity contribution in [3.8, 4) is 0 Å². The molecule has 2 aromatic carbocycles. The Hall–Kier alpha value is -5.19. The van der Waals surface area contributed by atoms with E-state index in [0.717, 1.165) is 39.7 Å². The number of amides is 2. The highest BCUT2D eigenvalue weighted by Gasteiger charge is 2.24. The second-order valence-corrected chi connectivity index (χ2v) is 8.83. The zero-order valence-corrected chi connectivity index (χ0v) is 20.7. The molecule has 2 amide bonds. The van der Waals surface area contributed by atoms with Crippen LogP contribution in [0.4, 0.5) is 14.5 Å². The number of fused-ring (bicyclic) bond motifs is 1. The van der Waals surface area contributed by atoms with E-state index in [9.17, 15) is 23.2 Å². The van der Waals surface area contributed by atoms with Crippen LogP contribution in [0.2, 0.25) is 0 Å². The standard InChI is InChI=1S/C28H22F2N6O3/c1-16-24(34-14-33-16)11-20-19-6-4-17(10-25(19)35-27(20)38)3-2-8-32-26(37)21-12-31-15-36(28(21)39)13-18-5-7-22(29)23(30)9-18/h2-7,9-12,14-15H,8,13H2,1H3,(H,32,37)(H,33,34)(H,35,38)/b3-2+,20-11+. The second-order valence-electron chi connectivity index (χ2n) is 8.83. The predicted molar refractivity (Wildman–Crippen MR) is 142 cm³/mol. The molecule has 3 heterocycles. The number of rotatable bonds is 7. The molecule has 0 saturated carbocycles. The van der Waals surface area contributed by atoms with Gasteiger partial charge in [-0.1, -0.05) is 30.4 Å². The van der Waals surface area contributed by atoms with Crippen LogP contribution in [0.25, 0.3) is 17.7 Å². The van der Waals surface area contributed by atoms with Crippen LogP contribution in [0.15, 0.2) is 66.1 Å². The number of hydrogen-bond donors (Lipinski definition) is 3. The molecule has 1 aliphatic rings. The van der Waals surface area contributed by atoms with E-state index in [-0.39, 0.29) is 24.6 Å². The first-order chi connectivity index (χ1) is 18.8. The van der Waals surface area contributed by atoms with Gasteiger partial charge >= 0.3 is 0 Å². The molecule has 9 nitrogen and oxygen atoms in total. The summed E-state index contributed by atoms with van der Waals surface area (Å²) in [6.07, 6.45) is 9.17. The molecule has 39 heavy (non-hydrogen) atoms. The molecule has 2 aromatic heterocycles. The molecule has 4 aromatic rings.